The van der Waals surface area contributed by atoms with E-state index >= 15 is 0 Å². The molecule has 0 amide bonds. The largest absolute Gasteiger partial charge is 0.497 e. The van der Waals surface area contributed by atoms with E-state index in [1.807, 2.05) is 26.0 Å². The summed E-state index contributed by atoms with van der Waals surface area (Å²) in [4.78, 5) is 2.45. The van der Waals surface area contributed by atoms with Crippen LogP contribution in [0.2, 0.25) is 0 Å². The number of hydrogen-bond donors (Lipinski definition) is 0. The van der Waals surface area contributed by atoms with Gasteiger partial charge in [-0.15, -0.1) is 13.2 Å². The molecule has 0 saturated carbocycles. The highest BCUT2D eigenvalue weighted by molar-refractivity contribution is 5.49. The lowest BCUT2D eigenvalue weighted by molar-refractivity contribution is 0.414. The minimum atomic E-state index is 0.936. The number of methoxy groups -OCH3 is 1. The molecule has 2 nitrogen and oxygen atoms in total. The maximum Gasteiger partial charge on any atom is 0.119 e. The van der Waals surface area contributed by atoms with E-state index in [2.05, 4.69) is 30.2 Å². The highest BCUT2D eigenvalue weighted by Gasteiger charge is 2.10. The molecule has 0 atom stereocenters. The molecule has 0 unspecified atom stereocenters. The van der Waals surface area contributed by atoms with Crippen LogP contribution in [-0.4, -0.2) is 20.2 Å². The van der Waals surface area contributed by atoms with Crippen molar-refractivity contribution in [1.82, 2.24) is 0 Å². The molecule has 0 bridgehead atoms. The Kier molecular flexibility index (Phi) is 9.84. The molecule has 2 heteroatoms. The van der Waals surface area contributed by atoms with Crippen molar-refractivity contribution in [2.24, 2.45) is 0 Å². The van der Waals surface area contributed by atoms with Crippen LogP contribution in [0, 0.1) is 0 Å². The second-order valence-electron chi connectivity index (χ2n) is 3.75. The summed E-state index contributed by atoms with van der Waals surface area (Å²) in [6, 6.07) is 8.35. The van der Waals surface area contributed by atoms with E-state index in [-0.39, 0.29) is 0 Å². The van der Waals surface area contributed by atoms with E-state index in [1.54, 1.807) is 7.11 Å². The standard InChI is InChI=1S/C12H17NO.C2H6.C2H4/c1-14-12-7-5-11(6-8-12)13-9-3-2-4-10-13;2*1-2/h5-8H,2-4,9-10H2,1H3;1-2H3;1-2H2. The Morgan fingerprint density at radius 2 is 1.44 bits per heavy atom. The fourth-order valence-electron chi connectivity index (χ4n) is 1.95. The second-order valence-corrected chi connectivity index (χ2v) is 3.75. The minimum absolute atomic E-state index is 0.936. The zero-order valence-electron chi connectivity index (χ0n) is 12.1. The molecular formula is C16H27NO. The third-order valence-corrected chi connectivity index (χ3v) is 2.79. The van der Waals surface area contributed by atoms with Gasteiger partial charge in [-0.25, -0.2) is 0 Å². The van der Waals surface area contributed by atoms with Crippen LogP contribution >= 0.6 is 0 Å². The monoisotopic (exact) mass is 249 g/mol. The van der Waals surface area contributed by atoms with E-state index in [1.165, 1.54) is 38.0 Å². The van der Waals surface area contributed by atoms with E-state index < -0.39 is 0 Å². The number of anilines is 1. The Balaban J connectivity index is 0.000000659. The molecule has 18 heavy (non-hydrogen) atoms. The SMILES string of the molecule is C=C.CC.COc1ccc(N2CCCCC2)cc1. The first-order valence-electron chi connectivity index (χ1n) is 6.79. The highest BCUT2D eigenvalue weighted by atomic mass is 16.5. The zero-order valence-corrected chi connectivity index (χ0v) is 12.1. The predicted octanol–water partition coefficient (Wildman–Crippen LogP) is 4.51. The van der Waals surface area contributed by atoms with Crippen molar-refractivity contribution < 1.29 is 4.74 Å². The van der Waals surface area contributed by atoms with Crippen molar-refractivity contribution in [2.75, 3.05) is 25.1 Å². The summed E-state index contributed by atoms with van der Waals surface area (Å²) in [6.07, 6.45) is 4.03. The molecule has 1 aromatic rings. The summed E-state index contributed by atoms with van der Waals surface area (Å²) >= 11 is 0. The number of piperidine rings is 1. The topological polar surface area (TPSA) is 12.5 Å². The first kappa shape index (κ1) is 16.6. The van der Waals surface area contributed by atoms with Crippen LogP contribution in [0.25, 0.3) is 0 Å². The number of benzene rings is 1. The summed E-state index contributed by atoms with van der Waals surface area (Å²) in [6.45, 7) is 12.4. The number of hydrogen-bond acceptors (Lipinski definition) is 2. The summed E-state index contributed by atoms with van der Waals surface area (Å²) in [5.74, 6) is 0.936. The molecule has 0 aromatic heterocycles. The quantitative estimate of drug-likeness (QED) is 0.715. The average molecular weight is 249 g/mol. The van der Waals surface area contributed by atoms with Crippen molar-refractivity contribution >= 4 is 5.69 Å². The van der Waals surface area contributed by atoms with Gasteiger partial charge in [0, 0.05) is 18.8 Å². The molecule has 1 fully saturated rings. The minimum Gasteiger partial charge on any atom is -0.497 e. The number of nitrogens with zero attached hydrogens (tertiary/aromatic N) is 1. The molecule has 102 valence electrons. The molecule has 0 aliphatic carbocycles. The van der Waals surface area contributed by atoms with Crippen LogP contribution in [0.15, 0.2) is 37.4 Å². The number of rotatable bonds is 2. The van der Waals surface area contributed by atoms with Crippen molar-refractivity contribution in [3.8, 4) is 5.75 Å². The maximum atomic E-state index is 5.14. The first-order chi connectivity index (χ1) is 8.90. The smallest absolute Gasteiger partial charge is 0.119 e. The van der Waals surface area contributed by atoms with E-state index in [0.29, 0.717) is 0 Å². The van der Waals surface area contributed by atoms with Crippen LogP contribution in [0.5, 0.6) is 5.75 Å². The molecule has 0 N–H and O–H groups in total. The zero-order chi connectivity index (χ0) is 13.8. The molecule has 0 radical (unpaired) electrons. The van der Waals surface area contributed by atoms with Gasteiger partial charge in [-0.05, 0) is 43.5 Å². The van der Waals surface area contributed by atoms with Gasteiger partial charge in [0.1, 0.15) is 5.75 Å². The van der Waals surface area contributed by atoms with Gasteiger partial charge < -0.3 is 9.64 Å². The number of ether oxygens (including phenoxy) is 1. The second kappa shape index (κ2) is 10.7. The Morgan fingerprint density at radius 1 is 0.944 bits per heavy atom. The van der Waals surface area contributed by atoms with Crippen molar-refractivity contribution in [3.05, 3.63) is 37.4 Å². The maximum absolute atomic E-state index is 5.14. The average Bonchev–Trinajstić information content (AvgIpc) is 2.52. The molecule has 1 heterocycles. The first-order valence-corrected chi connectivity index (χ1v) is 6.79. The fraction of sp³-hybridized carbons (Fsp3) is 0.500. The molecule has 1 aliphatic heterocycles. The van der Waals surface area contributed by atoms with Crippen molar-refractivity contribution in [1.29, 1.82) is 0 Å². The third kappa shape index (κ3) is 5.26. The summed E-state index contributed by atoms with van der Waals surface area (Å²) < 4.78 is 5.14. The summed E-state index contributed by atoms with van der Waals surface area (Å²) in [5.41, 5.74) is 1.32. The molecule has 1 saturated heterocycles. The Hall–Kier alpha value is -1.44. The highest BCUT2D eigenvalue weighted by Crippen LogP contribution is 2.22. The van der Waals surface area contributed by atoms with Crippen molar-refractivity contribution in [3.63, 3.8) is 0 Å². The van der Waals surface area contributed by atoms with Crippen molar-refractivity contribution in [2.45, 2.75) is 33.1 Å². The van der Waals surface area contributed by atoms with Crippen LogP contribution < -0.4 is 9.64 Å². The van der Waals surface area contributed by atoms with Gasteiger partial charge in [0.15, 0.2) is 0 Å². The fourth-order valence-corrected chi connectivity index (χ4v) is 1.95. The molecule has 1 aromatic carbocycles. The lowest BCUT2D eigenvalue weighted by atomic mass is 10.1. The summed E-state index contributed by atoms with van der Waals surface area (Å²) in [5, 5.41) is 0. The predicted molar refractivity (Wildman–Crippen MR) is 81.7 cm³/mol. The molecule has 1 aliphatic rings. The van der Waals surface area contributed by atoms with E-state index in [4.69, 9.17) is 4.74 Å². The molecule has 0 spiro atoms. The Morgan fingerprint density at radius 3 is 1.89 bits per heavy atom. The van der Waals surface area contributed by atoms with Crippen LogP contribution in [0.1, 0.15) is 33.1 Å². The Labute approximate surface area is 112 Å². The third-order valence-electron chi connectivity index (χ3n) is 2.79. The normalized spacial score (nSPS) is 13.6. The van der Waals surface area contributed by atoms with E-state index in [0.717, 1.165) is 5.75 Å². The van der Waals surface area contributed by atoms with Crippen LogP contribution in [0.4, 0.5) is 5.69 Å². The van der Waals surface area contributed by atoms with Gasteiger partial charge in [0.05, 0.1) is 7.11 Å². The molecular weight excluding hydrogens is 222 g/mol. The van der Waals surface area contributed by atoms with Crippen LogP contribution in [-0.2, 0) is 0 Å². The van der Waals surface area contributed by atoms with Crippen LogP contribution in [0.3, 0.4) is 0 Å². The van der Waals surface area contributed by atoms with Gasteiger partial charge in [0.25, 0.3) is 0 Å². The molecule has 2 rings (SSSR count). The lowest BCUT2D eigenvalue weighted by Gasteiger charge is -2.28. The van der Waals surface area contributed by atoms with E-state index in [9.17, 15) is 0 Å². The Bertz CT molecular complexity index is 288. The van der Waals surface area contributed by atoms with Gasteiger partial charge in [-0.2, -0.15) is 0 Å². The van der Waals surface area contributed by atoms with Gasteiger partial charge in [0.2, 0.25) is 0 Å². The lowest BCUT2D eigenvalue weighted by Crippen LogP contribution is -2.29. The van der Waals surface area contributed by atoms with Gasteiger partial charge in [-0.1, -0.05) is 13.8 Å². The summed E-state index contributed by atoms with van der Waals surface area (Å²) in [7, 11) is 1.70. The van der Waals surface area contributed by atoms with Gasteiger partial charge in [-0.3, -0.25) is 0 Å². The van der Waals surface area contributed by atoms with Gasteiger partial charge >= 0.3 is 0 Å².